The fourth-order valence-corrected chi connectivity index (χ4v) is 1.73. The zero-order valence-corrected chi connectivity index (χ0v) is 7.29. The minimum atomic E-state index is -0.333. The number of rotatable bonds is 0. The Hall–Kier alpha value is -1.02. The van der Waals surface area contributed by atoms with Crippen LogP contribution in [0.4, 0.5) is 0 Å². The van der Waals surface area contributed by atoms with Gasteiger partial charge in [-0.05, 0) is 25.5 Å². The van der Waals surface area contributed by atoms with Crippen LogP contribution in [-0.4, -0.2) is 5.11 Å². The lowest BCUT2D eigenvalue weighted by Gasteiger charge is -2.18. The predicted octanol–water partition coefficient (Wildman–Crippen LogP) is 2.16. The molecular weight excluding hydrogens is 152 g/mol. The van der Waals surface area contributed by atoms with E-state index in [0.717, 1.165) is 11.1 Å². The van der Waals surface area contributed by atoms with Crippen LogP contribution in [0.2, 0.25) is 0 Å². The van der Waals surface area contributed by atoms with Crippen LogP contribution < -0.4 is 0 Å². The first-order valence-corrected chi connectivity index (χ1v) is 4.06. The van der Waals surface area contributed by atoms with Gasteiger partial charge in [-0.2, -0.15) is 0 Å². The molecule has 0 fully saturated rings. The Labute approximate surface area is 71.8 Å². The molecule has 1 aromatic rings. The fourth-order valence-electron chi connectivity index (χ4n) is 1.73. The number of ether oxygens (including phenoxy) is 1. The molecule has 0 saturated heterocycles. The smallest absolute Gasteiger partial charge is 0.122 e. The van der Waals surface area contributed by atoms with Gasteiger partial charge in [-0.1, -0.05) is 12.1 Å². The van der Waals surface area contributed by atoms with Crippen LogP contribution in [-0.2, 0) is 16.9 Å². The van der Waals surface area contributed by atoms with Crippen molar-refractivity contribution in [1.82, 2.24) is 0 Å². The van der Waals surface area contributed by atoms with Gasteiger partial charge >= 0.3 is 0 Å². The van der Waals surface area contributed by atoms with Crippen molar-refractivity contribution in [3.63, 3.8) is 0 Å². The number of benzene rings is 1. The highest BCUT2D eigenvalue weighted by Gasteiger charge is 2.33. The third kappa shape index (κ3) is 0.916. The molecule has 1 aliphatic rings. The molecule has 0 unspecified atom stereocenters. The van der Waals surface area contributed by atoms with Crippen molar-refractivity contribution in [1.29, 1.82) is 0 Å². The average Bonchev–Trinajstić information content (AvgIpc) is 2.29. The molecule has 0 aliphatic carbocycles. The van der Waals surface area contributed by atoms with Gasteiger partial charge < -0.3 is 9.84 Å². The third-order valence-electron chi connectivity index (χ3n) is 2.32. The van der Waals surface area contributed by atoms with E-state index in [4.69, 9.17) is 4.74 Å². The quantitative estimate of drug-likeness (QED) is 0.636. The van der Waals surface area contributed by atoms with Crippen LogP contribution in [0.5, 0.6) is 5.75 Å². The normalized spacial score (nSPS) is 19.2. The summed E-state index contributed by atoms with van der Waals surface area (Å²) in [7, 11) is 0. The van der Waals surface area contributed by atoms with Crippen LogP contribution in [0, 0.1) is 0 Å². The number of aromatic hydroxyl groups is 1. The van der Waals surface area contributed by atoms with Gasteiger partial charge in [0.2, 0.25) is 0 Å². The van der Waals surface area contributed by atoms with Crippen LogP contribution in [0.25, 0.3) is 0 Å². The predicted molar refractivity (Wildman–Crippen MR) is 45.9 cm³/mol. The van der Waals surface area contributed by atoms with Crippen LogP contribution in [0.15, 0.2) is 18.2 Å². The Morgan fingerprint density at radius 2 is 2.17 bits per heavy atom. The van der Waals surface area contributed by atoms with E-state index in [1.807, 2.05) is 26.0 Å². The van der Waals surface area contributed by atoms with E-state index in [0.29, 0.717) is 12.4 Å². The first-order valence-electron chi connectivity index (χ1n) is 4.06. The minimum absolute atomic E-state index is 0.333. The summed E-state index contributed by atoms with van der Waals surface area (Å²) in [6.07, 6.45) is 0. The Morgan fingerprint density at radius 3 is 2.83 bits per heavy atom. The second-order valence-corrected chi connectivity index (χ2v) is 3.61. The highest BCUT2D eigenvalue weighted by molar-refractivity contribution is 5.44. The van der Waals surface area contributed by atoms with E-state index < -0.39 is 0 Å². The second kappa shape index (κ2) is 2.23. The lowest BCUT2D eigenvalue weighted by molar-refractivity contribution is -0.00889. The van der Waals surface area contributed by atoms with E-state index in [2.05, 4.69) is 0 Å². The van der Waals surface area contributed by atoms with Crippen LogP contribution >= 0.6 is 0 Å². The molecule has 0 aromatic heterocycles. The topological polar surface area (TPSA) is 29.5 Å². The molecule has 1 aromatic carbocycles. The number of phenols is 1. The van der Waals surface area contributed by atoms with Crippen molar-refractivity contribution in [2.75, 3.05) is 0 Å². The fraction of sp³-hybridized carbons (Fsp3) is 0.400. The molecule has 2 rings (SSSR count). The van der Waals surface area contributed by atoms with E-state index in [-0.39, 0.29) is 5.60 Å². The van der Waals surface area contributed by atoms with E-state index in [1.54, 1.807) is 6.07 Å². The average molecular weight is 164 g/mol. The summed E-state index contributed by atoms with van der Waals surface area (Å²) in [6, 6.07) is 5.54. The van der Waals surface area contributed by atoms with Crippen LogP contribution in [0.3, 0.4) is 0 Å². The molecule has 1 heterocycles. The molecule has 64 valence electrons. The first kappa shape index (κ1) is 7.62. The zero-order valence-electron chi connectivity index (χ0n) is 7.29. The highest BCUT2D eigenvalue weighted by atomic mass is 16.5. The van der Waals surface area contributed by atoms with E-state index >= 15 is 0 Å². The Kier molecular flexibility index (Phi) is 1.42. The molecular formula is C10H12O2. The molecule has 1 aliphatic heterocycles. The van der Waals surface area contributed by atoms with Crippen molar-refractivity contribution >= 4 is 0 Å². The SMILES string of the molecule is CC1(C)OCc2cccc(O)c21. The summed E-state index contributed by atoms with van der Waals surface area (Å²) < 4.78 is 5.53. The molecule has 2 heteroatoms. The molecule has 12 heavy (non-hydrogen) atoms. The summed E-state index contributed by atoms with van der Waals surface area (Å²) in [5.41, 5.74) is 1.70. The molecule has 0 saturated carbocycles. The largest absolute Gasteiger partial charge is 0.508 e. The van der Waals surface area contributed by atoms with Gasteiger partial charge in [0.1, 0.15) is 5.75 Å². The van der Waals surface area contributed by atoms with Gasteiger partial charge in [0.05, 0.1) is 12.2 Å². The molecule has 2 nitrogen and oxygen atoms in total. The standard InChI is InChI=1S/C10H12O2/c1-10(2)9-7(6-12-10)4-3-5-8(9)11/h3-5,11H,6H2,1-2H3. The molecule has 0 bridgehead atoms. The Balaban J connectivity index is 2.64. The summed E-state index contributed by atoms with van der Waals surface area (Å²) in [5.74, 6) is 0.343. The van der Waals surface area contributed by atoms with Gasteiger partial charge in [-0.15, -0.1) is 0 Å². The van der Waals surface area contributed by atoms with E-state index in [1.165, 1.54) is 0 Å². The molecule has 1 N–H and O–H groups in total. The van der Waals surface area contributed by atoms with Gasteiger partial charge in [-0.3, -0.25) is 0 Å². The summed E-state index contributed by atoms with van der Waals surface area (Å²) in [6.45, 7) is 4.55. The van der Waals surface area contributed by atoms with Crippen LogP contribution in [0.1, 0.15) is 25.0 Å². The molecule has 0 atom stereocenters. The number of hydrogen-bond acceptors (Lipinski definition) is 2. The first-order chi connectivity index (χ1) is 5.61. The van der Waals surface area contributed by atoms with Gasteiger partial charge in [0, 0.05) is 5.56 Å². The summed E-state index contributed by atoms with van der Waals surface area (Å²) >= 11 is 0. The Bertz CT molecular complexity index is 316. The monoisotopic (exact) mass is 164 g/mol. The van der Waals surface area contributed by atoms with Crippen molar-refractivity contribution in [3.05, 3.63) is 29.3 Å². The van der Waals surface area contributed by atoms with Gasteiger partial charge in [0.25, 0.3) is 0 Å². The van der Waals surface area contributed by atoms with E-state index in [9.17, 15) is 5.11 Å². The molecule has 0 radical (unpaired) electrons. The molecule has 0 spiro atoms. The second-order valence-electron chi connectivity index (χ2n) is 3.61. The Morgan fingerprint density at radius 1 is 1.42 bits per heavy atom. The van der Waals surface area contributed by atoms with Crippen molar-refractivity contribution in [3.8, 4) is 5.75 Å². The lowest BCUT2D eigenvalue weighted by atomic mass is 9.95. The van der Waals surface area contributed by atoms with Crippen molar-refractivity contribution in [2.45, 2.75) is 26.1 Å². The maximum Gasteiger partial charge on any atom is 0.122 e. The van der Waals surface area contributed by atoms with Gasteiger partial charge in [0.15, 0.2) is 0 Å². The zero-order chi connectivity index (χ0) is 8.77. The minimum Gasteiger partial charge on any atom is -0.508 e. The number of phenolic OH excluding ortho intramolecular Hbond substituents is 1. The summed E-state index contributed by atoms with van der Waals surface area (Å²) in [5, 5.41) is 9.59. The van der Waals surface area contributed by atoms with Gasteiger partial charge in [-0.25, -0.2) is 0 Å². The molecule has 0 amide bonds. The van der Waals surface area contributed by atoms with Crippen molar-refractivity contribution < 1.29 is 9.84 Å². The summed E-state index contributed by atoms with van der Waals surface area (Å²) in [4.78, 5) is 0. The lowest BCUT2D eigenvalue weighted by Crippen LogP contribution is -2.14. The maximum absolute atomic E-state index is 9.59. The highest BCUT2D eigenvalue weighted by Crippen LogP contribution is 2.40. The maximum atomic E-state index is 9.59. The van der Waals surface area contributed by atoms with Crippen molar-refractivity contribution in [2.24, 2.45) is 0 Å². The number of fused-ring (bicyclic) bond motifs is 1. The third-order valence-corrected chi connectivity index (χ3v) is 2.32. The number of hydrogen-bond donors (Lipinski definition) is 1.